The Morgan fingerprint density at radius 2 is 1.88 bits per heavy atom. The molecule has 0 heterocycles. The van der Waals surface area contributed by atoms with E-state index in [2.05, 4.69) is 32.0 Å². The molecular formula is C14H21NOS. The first-order valence-electron chi connectivity index (χ1n) is 6.06. The highest BCUT2D eigenvalue weighted by atomic mass is 32.2. The number of thioether (sulfide) groups is 1. The summed E-state index contributed by atoms with van der Waals surface area (Å²) in [6.07, 6.45) is 0. The molecule has 0 aliphatic carbocycles. The Bertz CT molecular complexity index is 386. The van der Waals surface area contributed by atoms with E-state index in [4.69, 9.17) is 0 Å². The van der Waals surface area contributed by atoms with Crippen LogP contribution in [0.2, 0.25) is 0 Å². The zero-order chi connectivity index (χ0) is 12.8. The zero-order valence-corrected chi connectivity index (χ0v) is 11.9. The second kappa shape index (κ2) is 6.70. The highest BCUT2D eigenvalue weighted by Gasteiger charge is 2.10. The van der Waals surface area contributed by atoms with E-state index in [1.165, 1.54) is 16.0 Å². The summed E-state index contributed by atoms with van der Waals surface area (Å²) in [7, 11) is 0. The van der Waals surface area contributed by atoms with Crippen molar-refractivity contribution in [3.05, 3.63) is 29.3 Å². The summed E-state index contributed by atoms with van der Waals surface area (Å²) >= 11 is 1.63. The van der Waals surface area contributed by atoms with Gasteiger partial charge in [-0.25, -0.2) is 0 Å². The van der Waals surface area contributed by atoms with Crippen molar-refractivity contribution in [1.82, 2.24) is 4.90 Å². The van der Waals surface area contributed by atoms with E-state index in [-0.39, 0.29) is 5.91 Å². The molecule has 1 rings (SSSR count). The molecule has 0 N–H and O–H groups in total. The molecule has 0 spiro atoms. The Morgan fingerprint density at radius 3 is 2.41 bits per heavy atom. The molecule has 0 unspecified atom stereocenters. The maximum atomic E-state index is 11.9. The lowest BCUT2D eigenvalue weighted by Gasteiger charge is -2.18. The molecule has 3 heteroatoms. The third kappa shape index (κ3) is 4.08. The molecule has 0 fully saturated rings. The van der Waals surface area contributed by atoms with Crippen LogP contribution in [0.4, 0.5) is 0 Å². The lowest BCUT2D eigenvalue weighted by molar-refractivity contribution is -0.127. The molecule has 1 amide bonds. The molecule has 94 valence electrons. The van der Waals surface area contributed by atoms with Crippen LogP contribution in [0.3, 0.4) is 0 Å². The third-order valence-corrected chi connectivity index (χ3v) is 3.96. The van der Waals surface area contributed by atoms with Crippen molar-refractivity contribution in [2.75, 3.05) is 18.8 Å². The van der Waals surface area contributed by atoms with Crippen LogP contribution in [0.15, 0.2) is 23.1 Å². The Hall–Kier alpha value is -0.960. The Labute approximate surface area is 108 Å². The fourth-order valence-electron chi connectivity index (χ4n) is 1.77. The van der Waals surface area contributed by atoms with E-state index >= 15 is 0 Å². The van der Waals surface area contributed by atoms with Gasteiger partial charge in [0.05, 0.1) is 5.75 Å². The molecule has 0 bridgehead atoms. The number of aryl methyl sites for hydroxylation is 2. The van der Waals surface area contributed by atoms with Crippen molar-refractivity contribution in [2.45, 2.75) is 32.6 Å². The van der Waals surface area contributed by atoms with Crippen LogP contribution >= 0.6 is 11.8 Å². The number of carbonyl (C=O) groups is 1. The average Bonchev–Trinajstić information content (AvgIpc) is 2.29. The summed E-state index contributed by atoms with van der Waals surface area (Å²) in [6.45, 7) is 9.80. The van der Waals surface area contributed by atoms with E-state index in [9.17, 15) is 4.79 Å². The lowest BCUT2D eigenvalue weighted by atomic mass is 10.2. The maximum absolute atomic E-state index is 11.9. The van der Waals surface area contributed by atoms with Gasteiger partial charge in [-0.2, -0.15) is 0 Å². The Balaban J connectivity index is 2.58. The minimum atomic E-state index is 0.222. The number of carbonyl (C=O) groups excluding carboxylic acids is 1. The summed E-state index contributed by atoms with van der Waals surface area (Å²) in [4.78, 5) is 14.9. The molecule has 0 saturated heterocycles. The van der Waals surface area contributed by atoms with Crippen molar-refractivity contribution in [3.63, 3.8) is 0 Å². The van der Waals surface area contributed by atoms with Gasteiger partial charge in [0.1, 0.15) is 0 Å². The number of hydrogen-bond donors (Lipinski definition) is 0. The first-order valence-corrected chi connectivity index (χ1v) is 7.04. The van der Waals surface area contributed by atoms with Gasteiger partial charge in [-0.1, -0.05) is 17.7 Å². The third-order valence-electron chi connectivity index (χ3n) is 2.80. The van der Waals surface area contributed by atoms with E-state index in [0.29, 0.717) is 5.75 Å². The van der Waals surface area contributed by atoms with Gasteiger partial charge in [0.2, 0.25) is 5.91 Å². The van der Waals surface area contributed by atoms with Gasteiger partial charge in [-0.15, -0.1) is 11.8 Å². The summed E-state index contributed by atoms with van der Waals surface area (Å²) < 4.78 is 0. The van der Waals surface area contributed by atoms with Gasteiger partial charge in [0.25, 0.3) is 0 Å². The quantitative estimate of drug-likeness (QED) is 0.749. The van der Waals surface area contributed by atoms with Crippen molar-refractivity contribution < 1.29 is 4.79 Å². The van der Waals surface area contributed by atoms with Crippen LogP contribution in [-0.4, -0.2) is 29.6 Å². The fourth-order valence-corrected chi connectivity index (χ4v) is 2.68. The fraction of sp³-hybridized carbons (Fsp3) is 0.500. The van der Waals surface area contributed by atoms with Crippen molar-refractivity contribution in [1.29, 1.82) is 0 Å². The second-order valence-electron chi connectivity index (χ2n) is 4.12. The van der Waals surface area contributed by atoms with Gasteiger partial charge in [-0.05, 0) is 39.3 Å². The standard InChI is InChI=1S/C14H21NOS/c1-5-15(6-2)14(16)10-17-13-8-7-11(3)9-12(13)4/h7-9H,5-6,10H2,1-4H3. The van der Waals surface area contributed by atoms with E-state index in [1.807, 2.05) is 18.7 Å². The van der Waals surface area contributed by atoms with Crippen molar-refractivity contribution in [3.8, 4) is 0 Å². The number of rotatable bonds is 5. The summed E-state index contributed by atoms with van der Waals surface area (Å²) in [5.74, 6) is 0.756. The number of nitrogens with zero attached hydrogens (tertiary/aromatic N) is 1. The number of amides is 1. The zero-order valence-electron chi connectivity index (χ0n) is 11.1. The highest BCUT2D eigenvalue weighted by Crippen LogP contribution is 2.23. The molecule has 17 heavy (non-hydrogen) atoms. The lowest BCUT2D eigenvalue weighted by Crippen LogP contribution is -2.31. The molecular weight excluding hydrogens is 230 g/mol. The van der Waals surface area contributed by atoms with E-state index in [1.54, 1.807) is 11.8 Å². The van der Waals surface area contributed by atoms with E-state index in [0.717, 1.165) is 13.1 Å². The largest absolute Gasteiger partial charge is 0.343 e. The minimum absolute atomic E-state index is 0.222. The van der Waals surface area contributed by atoms with Gasteiger partial charge in [-0.3, -0.25) is 4.79 Å². The molecule has 0 saturated carbocycles. The first-order chi connectivity index (χ1) is 8.08. The van der Waals surface area contributed by atoms with Gasteiger partial charge >= 0.3 is 0 Å². The molecule has 0 aliphatic heterocycles. The maximum Gasteiger partial charge on any atom is 0.232 e. The van der Waals surface area contributed by atoms with Crippen molar-refractivity contribution in [2.24, 2.45) is 0 Å². The van der Waals surface area contributed by atoms with Crippen LogP contribution < -0.4 is 0 Å². The predicted octanol–water partition coefficient (Wildman–Crippen LogP) is 3.26. The van der Waals surface area contributed by atoms with Crippen LogP contribution in [0, 0.1) is 13.8 Å². The smallest absolute Gasteiger partial charge is 0.232 e. The summed E-state index contributed by atoms with van der Waals surface area (Å²) in [5.41, 5.74) is 2.52. The van der Waals surface area contributed by atoms with Crippen molar-refractivity contribution >= 4 is 17.7 Å². The number of hydrogen-bond acceptors (Lipinski definition) is 2. The topological polar surface area (TPSA) is 20.3 Å². The average molecular weight is 251 g/mol. The monoisotopic (exact) mass is 251 g/mol. The Kier molecular flexibility index (Phi) is 5.56. The minimum Gasteiger partial charge on any atom is -0.343 e. The molecule has 0 radical (unpaired) electrons. The van der Waals surface area contributed by atoms with Gasteiger partial charge in [0, 0.05) is 18.0 Å². The first kappa shape index (κ1) is 14.1. The molecule has 0 aromatic heterocycles. The second-order valence-corrected chi connectivity index (χ2v) is 5.14. The summed E-state index contributed by atoms with van der Waals surface area (Å²) in [5, 5.41) is 0. The SMILES string of the molecule is CCN(CC)C(=O)CSc1ccc(C)cc1C. The normalized spacial score (nSPS) is 10.4. The van der Waals surface area contributed by atoms with E-state index < -0.39 is 0 Å². The van der Waals surface area contributed by atoms with Crippen LogP contribution in [0.1, 0.15) is 25.0 Å². The van der Waals surface area contributed by atoms with Gasteiger partial charge in [0.15, 0.2) is 0 Å². The predicted molar refractivity (Wildman–Crippen MR) is 74.6 cm³/mol. The Morgan fingerprint density at radius 1 is 1.24 bits per heavy atom. The van der Waals surface area contributed by atoms with Crippen LogP contribution in [0.25, 0.3) is 0 Å². The summed E-state index contributed by atoms with van der Waals surface area (Å²) in [6, 6.07) is 6.35. The van der Waals surface area contributed by atoms with Crippen LogP contribution in [-0.2, 0) is 4.79 Å². The van der Waals surface area contributed by atoms with Crippen LogP contribution in [0.5, 0.6) is 0 Å². The molecule has 1 aromatic carbocycles. The number of benzene rings is 1. The molecule has 1 aromatic rings. The molecule has 0 aliphatic rings. The highest BCUT2D eigenvalue weighted by molar-refractivity contribution is 8.00. The molecule has 2 nitrogen and oxygen atoms in total. The molecule has 0 atom stereocenters. The van der Waals surface area contributed by atoms with Gasteiger partial charge < -0.3 is 4.90 Å².